The molecule has 0 atom stereocenters. The Morgan fingerprint density at radius 1 is 1.23 bits per heavy atom. The molecular formula is C19H31N3O4. The van der Waals surface area contributed by atoms with Crippen LogP contribution in [-0.4, -0.2) is 55.6 Å². The summed E-state index contributed by atoms with van der Waals surface area (Å²) in [6, 6.07) is -0.437. The number of allylic oxidation sites excluding steroid dienone is 1. The van der Waals surface area contributed by atoms with Crippen molar-refractivity contribution >= 4 is 17.9 Å². The molecule has 0 unspecified atom stereocenters. The Morgan fingerprint density at radius 2 is 2.00 bits per heavy atom. The SMILES string of the molecule is CCOC(=O)C1CCN(CC(=O)NC(=O)NCCC2=CCCCC2)CC1. The molecule has 2 rings (SSSR count). The fraction of sp³-hybridized carbons (Fsp3) is 0.737. The number of esters is 1. The van der Waals surface area contributed by atoms with E-state index in [9.17, 15) is 14.4 Å². The third-order valence-corrected chi connectivity index (χ3v) is 4.94. The Bertz CT molecular complexity index is 525. The van der Waals surface area contributed by atoms with Gasteiger partial charge in [0.05, 0.1) is 19.1 Å². The van der Waals surface area contributed by atoms with E-state index in [1.54, 1.807) is 6.92 Å². The Hall–Kier alpha value is -1.89. The van der Waals surface area contributed by atoms with Gasteiger partial charge in [0.15, 0.2) is 0 Å². The van der Waals surface area contributed by atoms with Gasteiger partial charge in [-0.25, -0.2) is 4.79 Å². The molecular weight excluding hydrogens is 334 g/mol. The van der Waals surface area contributed by atoms with E-state index in [1.807, 2.05) is 4.90 Å². The second-order valence-corrected chi connectivity index (χ2v) is 6.96. The van der Waals surface area contributed by atoms with Crippen molar-refractivity contribution < 1.29 is 19.1 Å². The molecule has 0 aromatic carbocycles. The number of piperidine rings is 1. The van der Waals surface area contributed by atoms with E-state index in [2.05, 4.69) is 16.7 Å². The van der Waals surface area contributed by atoms with Crippen molar-refractivity contribution in [1.29, 1.82) is 0 Å². The van der Waals surface area contributed by atoms with Crippen LogP contribution in [0.5, 0.6) is 0 Å². The van der Waals surface area contributed by atoms with Crippen LogP contribution in [0, 0.1) is 5.92 Å². The van der Waals surface area contributed by atoms with Crippen LogP contribution in [0.1, 0.15) is 51.9 Å². The summed E-state index contributed by atoms with van der Waals surface area (Å²) < 4.78 is 5.04. The maximum atomic E-state index is 12.0. The zero-order valence-electron chi connectivity index (χ0n) is 15.7. The van der Waals surface area contributed by atoms with Crippen LogP contribution in [-0.2, 0) is 14.3 Å². The lowest BCUT2D eigenvalue weighted by molar-refractivity contribution is -0.149. The average molecular weight is 365 g/mol. The number of nitrogens with zero attached hydrogens (tertiary/aromatic N) is 1. The van der Waals surface area contributed by atoms with Gasteiger partial charge in [-0.3, -0.25) is 19.8 Å². The Labute approximate surface area is 155 Å². The van der Waals surface area contributed by atoms with Crippen LogP contribution >= 0.6 is 0 Å². The summed E-state index contributed by atoms with van der Waals surface area (Å²) in [5.41, 5.74) is 1.40. The van der Waals surface area contributed by atoms with Crippen LogP contribution in [0.4, 0.5) is 4.79 Å². The summed E-state index contributed by atoms with van der Waals surface area (Å²) in [5.74, 6) is -0.537. The van der Waals surface area contributed by atoms with E-state index in [0.29, 0.717) is 39.1 Å². The molecule has 2 N–H and O–H groups in total. The van der Waals surface area contributed by atoms with Crippen molar-refractivity contribution in [2.24, 2.45) is 5.92 Å². The molecule has 1 fully saturated rings. The summed E-state index contributed by atoms with van der Waals surface area (Å²) in [6.45, 7) is 4.24. The fourth-order valence-electron chi connectivity index (χ4n) is 3.47. The third kappa shape index (κ3) is 7.15. The molecule has 146 valence electrons. The minimum absolute atomic E-state index is 0.0772. The smallest absolute Gasteiger partial charge is 0.321 e. The number of carbonyl (C=O) groups excluding carboxylic acids is 3. The van der Waals surface area contributed by atoms with Crippen molar-refractivity contribution in [1.82, 2.24) is 15.5 Å². The average Bonchev–Trinajstić information content (AvgIpc) is 2.63. The highest BCUT2D eigenvalue weighted by atomic mass is 16.5. The fourth-order valence-corrected chi connectivity index (χ4v) is 3.47. The summed E-state index contributed by atoms with van der Waals surface area (Å²) in [5, 5.41) is 5.12. The Kier molecular flexibility index (Phi) is 8.61. The van der Waals surface area contributed by atoms with Gasteiger partial charge in [-0.15, -0.1) is 0 Å². The number of rotatable bonds is 7. The predicted octanol–water partition coefficient (Wildman–Crippen LogP) is 1.98. The number of amides is 3. The number of hydrogen-bond donors (Lipinski definition) is 2. The Morgan fingerprint density at radius 3 is 2.65 bits per heavy atom. The van der Waals surface area contributed by atoms with E-state index in [1.165, 1.54) is 18.4 Å². The lowest BCUT2D eigenvalue weighted by Crippen LogP contribution is -2.47. The van der Waals surface area contributed by atoms with Gasteiger partial charge in [0, 0.05) is 6.54 Å². The molecule has 26 heavy (non-hydrogen) atoms. The monoisotopic (exact) mass is 365 g/mol. The number of ether oxygens (including phenoxy) is 1. The van der Waals surface area contributed by atoms with Crippen molar-refractivity contribution in [3.63, 3.8) is 0 Å². The molecule has 2 aliphatic rings. The molecule has 7 nitrogen and oxygen atoms in total. The summed E-state index contributed by atoms with van der Waals surface area (Å²) in [6.07, 6.45) is 9.21. The summed E-state index contributed by atoms with van der Waals surface area (Å²) in [7, 11) is 0. The van der Waals surface area contributed by atoms with E-state index in [4.69, 9.17) is 4.74 Å². The molecule has 1 aliphatic heterocycles. The number of carbonyl (C=O) groups is 3. The zero-order chi connectivity index (χ0) is 18.8. The van der Waals surface area contributed by atoms with Crippen molar-refractivity contribution in [2.45, 2.75) is 51.9 Å². The molecule has 0 spiro atoms. The molecule has 3 amide bonds. The lowest BCUT2D eigenvalue weighted by Gasteiger charge is -2.30. The van der Waals surface area contributed by atoms with Crippen molar-refractivity contribution in [3.8, 4) is 0 Å². The minimum Gasteiger partial charge on any atom is -0.466 e. The van der Waals surface area contributed by atoms with Crippen LogP contribution in [0.2, 0.25) is 0 Å². The molecule has 0 aromatic heterocycles. The van der Waals surface area contributed by atoms with E-state index in [-0.39, 0.29) is 24.3 Å². The minimum atomic E-state index is -0.437. The maximum Gasteiger partial charge on any atom is 0.321 e. The molecule has 0 bridgehead atoms. The van der Waals surface area contributed by atoms with Gasteiger partial charge in [-0.1, -0.05) is 11.6 Å². The normalized spacial score (nSPS) is 18.7. The molecule has 0 radical (unpaired) electrons. The second kappa shape index (κ2) is 11.0. The third-order valence-electron chi connectivity index (χ3n) is 4.94. The lowest BCUT2D eigenvalue weighted by atomic mass is 9.97. The number of imide groups is 1. The quantitative estimate of drug-likeness (QED) is 0.532. The van der Waals surface area contributed by atoms with Gasteiger partial charge >= 0.3 is 12.0 Å². The maximum absolute atomic E-state index is 12.0. The first-order valence-electron chi connectivity index (χ1n) is 9.73. The first-order chi connectivity index (χ1) is 12.6. The highest BCUT2D eigenvalue weighted by molar-refractivity contribution is 5.95. The standard InChI is InChI=1S/C19H31N3O4/c1-2-26-18(24)16-9-12-22(13-10-16)14-17(23)21-19(25)20-11-8-15-6-4-3-5-7-15/h6,16H,2-5,7-14H2,1H3,(H2,20,21,23,25). The molecule has 1 saturated heterocycles. The van der Waals surface area contributed by atoms with Gasteiger partial charge in [-0.05, 0) is 65.0 Å². The highest BCUT2D eigenvalue weighted by Crippen LogP contribution is 2.19. The number of nitrogens with one attached hydrogen (secondary N) is 2. The van der Waals surface area contributed by atoms with E-state index < -0.39 is 6.03 Å². The largest absolute Gasteiger partial charge is 0.466 e. The van der Waals surface area contributed by atoms with Gasteiger partial charge in [0.25, 0.3) is 0 Å². The van der Waals surface area contributed by atoms with Crippen LogP contribution in [0.15, 0.2) is 11.6 Å². The number of likely N-dealkylation sites (tertiary alicyclic amines) is 1. The Balaban J connectivity index is 1.59. The van der Waals surface area contributed by atoms with Gasteiger partial charge in [-0.2, -0.15) is 0 Å². The number of hydrogen-bond acceptors (Lipinski definition) is 5. The predicted molar refractivity (Wildman–Crippen MR) is 98.5 cm³/mol. The molecule has 0 aromatic rings. The zero-order valence-corrected chi connectivity index (χ0v) is 15.7. The van der Waals surface area contributed by atoms with Gasteiger partial charge in [0.2, 0.25) is 5.91 Å². The second-order valence-electron chi connectivity index (χ2n) is 6.96. The molecule has 1 heterocycles. The first kappa shape index (κ1) is 20.4. The van der Waals surface area contributed by atoms with Crippen LogP contribution in [0.3, 0.4) is 0 Å². The molecule has 7 heteroatoms. The van der Waals surface area contributed by atoms with Crippen molar-refractivity contribution in [3.05, 3.63) is 11.6 Å². The summed E-state index contributed by atoms with van der Waals surface area (Å²) in [4.78, 5) is 37.5. The van der Waals surface area contributed by atoms with E-state index in [0.717, 1.165) is 19.3 Å². The van der Waals surface area contributed by atoms with Crippen molar-refractivity contribution in [2.75, 3.05) is 32.8 Å². The van der Waals surface area contributed by atoms with Gasteiger partial charge < -0.3 is 10.1 Å². The molecule has 0 saturated carbocycles. The first-order valence-corrected chi connectivity index (χ1v) is 9.73. The highest BCUT2D eigenvalue weighted by Gasteiger charge is 2.26. The van der Waals surface area contributed by atoms with E-state index >= 15 is 0 Å². The summed E-state index contributed by atoms with van der Waals surface area (Å²) >= 11 is 0. The number of urea groups is 1. The topological polar surface area (TPSA) is 87.7 Å². The van der Waals surface area contributed by atoms with Gasteiger partial charge in [0.1, 0.15) is 0 Å². The van der Waals surface area contributed by atoms with Crippen LogP contribution in [0.25, 0.3) is 0 Å². The molecule has 1 aliphatic carbocycles. The van der Waals surface area contributed by atoms with Crippen LogP contribution < -0.4 is 10.6 Å².